The van der Waals surface area contributed by atoms with Crippen LogP contribution < -0.4 is 10.6 Å². The molecular formula is C21H53IN4O5P2. The largest absolute Gasteiger partial charge is 0.480 e. The Morgan fingerprint density at radius 2 is 0.970 bits per heavy atom. The van der Waals surface area contributed by atoms with Crippen LogP contribution in [0, 0.1) is 0 Å². The van der Waals surface area contributed by atoms with Crippen molar-refractivity contribution in [1.29, 1.82) is 0 Å². The standard InChI is InChI=1S/C6H13NO.C5H11NO2.2C3H8NOP.2C2H6.HI/c1-4-6(7-3)5(2)8;1-3-4(6-2)5(7)8;2*1-4(2)3(5)6;2*1-2;/h6-7H,4H2,1-3H3;4,6H,3H2,1-2H3,(H,7,8);2*6H2,1-2H3;2*1-2H3;1H. The van der Waals surface area contributed by atoms with Gasteiger partial charge in [0.05, 0.1) is 6.04 Å². The number of amides is 2. The van der Waals surface area contributed by atoms with Crippen molar-refractivity contribution in [2.75, 3.05) is 42.3 Å². The summed E-state index contributed by atoms with van der Waals surface area (Å²) in [6, 6.07) is -0.315. The Morgan fingerprint density at radius 3 is 0.970 bits per heavy atom. The first-order valence-electron chi connectivity index (χ1n) is 10.7. The molecule has 0 fully saturated rings. The Labute approximate surface area is 225 Å². The van der Waals surface area contributed by atoms with Gasteiger partial charge in [0.2, 0.25) is 11.3 Å². The van der Waals surface area contributed by atoms with Gasteiger partial charge in [0.15, 0.2) is 0 Å². The number of halogens is 1. The molecule has 0 bridgehead atoms. The highest BCUT2D eigenvalue weighted by Crippen LogP contribution is 1.90. The summed E-state index contributed by atoms with van der Waals surface area (Å²) in [6.45, 7) is 13.4. The van der Waals surface area contributed by atoms with E-state index in [1.807, 2.05) is 41.5 Å². The normalized spacial score (nSPS) is 9.67. The van der Waals surface area contributed by atoms with Gasteiger partial charge in [0.25, 0.3) is 0 Å². The van der Waals surface area contributed by atoms with Crippen LogP contribution in [0.1, 0.15) is 61.3 Å². The van der Waals surface area contributed by atoms with Crippen molar-refractivity contribution >= 4 is 65.5 Å². The van der Waals surface area contributed by atoms with Crippen LogP contribution in [0.5, 0.6) is 0 Å². The van der Waals surface area contributed by atoms with Gasteiger partial charge in [-0.25, -0.2) is 0 Å². The number of nitrogens with zero attached hydrogens (tertiary/aromatic N) is 2. The molecule has 12 heteroatoms. The molecule has 0 aliphatic heterocycles. The van der Waals surface area contributed by atoms with Gasteiger partial charge in [-0.15, -0.1) is 24.0 Å². The summed E-state index contributed by atoms with van der Waals surface area (Å²) in [5.41, 5.74) is 0.0185. The Bertz CT molecular complexity index is 410. The molecule has 2 amide bonds. The third-order valence-electron chi connectivity index (χ3n) is 3.18. The van der Waals surface area contributed by atoms with E-state index in [2.05, 4.69) is 29.1 Å². The molecular weight excluding hydrogens is 577 g/mol. The molecule has 204 valence electrons. The van der Waals surface area contributed by atoms with Crippen molar-refractivity contribution < 1.29 is 24.3 Å². The summed E-state index contributed by atoms with van der Waals surface area (Å²) >= 11 is 0. The van der Waals surface area contributed by atoms with Gasteiger partial charge in [0.1, 0.15) is 11.8 Å². The molecule has 0 saturated heterocycles. The maximum atomic E-state index is 10.5. The van der Waals surface area contributed by atoms with E-state index in [9.17, 15) is 19.2 Å². The summed E-state index contributed by atoms with van der Waals surface area (Å²) in [4.78, 5) is 43.7. The lowest BCUT2D eigenvalue weighted by molar-refractivity contribution is -0.139. The fourth-order valence-corrected chi connectivity index (χ4v) is 1.20. The zero-order valence-corrected chi connectivity index (χ0v) is 27.7. The maximum Gasteiger partial charge on any atom is 0.320 e. The molecule has 3 N–H and O–H groups in total. The predicted molar refractivity (Wildman–Crippen MR) is 160 cm³/mol. The molecule has 33 heavy (non-hydrogen) atoms. The highest BCUT2D eigenvalue weighted by atomic mass is 127. The van der Waals surface area contributed by atoms with Crippen molar-refractivity contribution in [1.82, 2.24) is 20.4 Å². The summed E-state index contributed by atoms with van der Waals surface area (Å²) in [6.07, 6.45) is 1.51. The topological polar surface area (TPSA) is 119 Å². The molecule has 0 radical (unpaired) electrons. The first-order chi connectivity index (χ1) is 14.7. The molecule has 0 aromatic carbocycles. The number of ketones is 1. The van der Waals surface area contributed by atoms with E-state index in [0.29, 0.717) is 6.42 Å². The van der Waals surface area contributed by atoms with Gasteiger partial charge in [-0.05, 0) is 52.3 Å². The minimum atomic E-state index is -0.782. The van der Waals surface area contributed by atoms with Crippen LogP contribution in [0.25, 0.3) is 0 Å². The fraction of sp³-hybridized carbons (Fsp3) is 0.810. The summed E-state index contributed by atoms with van der Waals surface area (Å²) in [5.74, 6) is -0.565. The van der Waals surface area contributed by atoms with E-state index >= 15 is 0 Å². The number of nitrogens with one attached hydrogen (secondary N) is 2. The lowest BCUT2D eigenvalue weighted by atomic mass is 10.1. The number of carbonyl (C=O) groups is 4. The zero-order valence-electron chi connectivity index (χ0n) is 23.1. The Balaban J connectivity index is -0.0000000517. The molecule has 0 aromatic heterocycles. The number of likely N-dealkylation sites (N-methyl/N-ethyl adjacent to an activating group) is 2. The van der Waals surface area contributed by atoms with E-state index in [-0.39, 0.29) is 53.1 Å². The Morgan fingerprint density at radius 1 is 0.758 bits per heavy atom. The van der Waals surface area contributed by atoms with Gasteiger partial charge < -0.3 is 25.5 Å². The minimum absolute atomic E-state index is 0. The Kier molecular flexibility index (Phi) is 58.4. The van der Waals surface area contributed by atoms with Gasteiger partial charge in [-0.3, -0.25) is 19.2 Å². The third-order valence-corrected chi connectivity index (χ3v) is 4.22. The number of rotatable bonds is 6. The zero-order chi connectivity index (χ0) is 27.4. The van der Waals surface area contributed by atoms with Crippen molar-refractivity contribution in [3.05, 3.63) is 0 Å². The molecule has 0 spiro atoms. The minimum Gasteiger partial charge on any atom is -0.480 e. The van der Waals surface area contributed by atoms with E-state index < -0.39 is 5.97 Å². The molecule has 0 rings (SSSR count). The molecule has 4 atom stereocenters. The van der Waals surface area contributed by atoms with Gasteiger partial charge in [-0.1, -0.05) is 41.5 Å². The van der Waals surface area contributed by atoms with Gasteiger partial charge in [-0.2, -0.15) is 0 Å². The van der Waals surface area contributed by atoms with Crippen molar-refractivity contribution in [3.63, 3.8) is 0 Å². The number of aliphatic carboxylic acids is 1. The number of hydrogen-bond acceptors (Lipinski definition) is 6. The van der Waals surface area contributed by atoms with Crippen molar-refractivity contribution in [3.8, 4) is 0 Å². The second-order valence-corrected chi connectivity index (χ2v) is 6.90. The highest BCUT2D eigenvalue weighted by molar-refractivity contribution is 14.0. The van der Waals surface area contributed by atoms with Gasteiger partial charge >= 0.3 is 5.97 Å². The predicted octanol–water partition coefficient (Wildman–Crippen LogP) is 4.40. The number of hydrogen-bond donors (Lipinski definition) is 3. The first kappa shape index (κ1) is 49.7. The van der Waals surface area contributed by atoms with Crippen LogP contribution in [-0.4, -0.2) is 92.3 Å². The monoisotopic (exact) mass is 630 g/mol. The summed E-state index contributed by atoms with van der Waals surface area (Å²) in [5, 5.41) is 13.9. The fourth-order valence-electron chi connectivity index (χ4n) is 1.20. The number of carbonyl (C=O) groups excluding carboxylic acids is 3. The number of carboxylic acid groups (broad SMARTS) is 1. The van der Waals surface area contributed by atoms with Crippen LogP contribution in [0.4, 0.5) is 9.59 Å². The van der Waals surface area contributed by atoms with Gasteiger partial charge in [0, 0.05) is 28.2 Å². The van der Waals surface area contributed by atoms with Crippen LogP contribution in [0.3, 0.4) is 0 Å². The second kappa shape index (κ2) is 38.8. The van der Waals surface area contributed by atoms with Crippen molar-refractivity contribution in [2.45, 2.75) is 73.4 Å². The highest BCUT2D eigenvalue weighted by Gasteiger charge is 2.09. The summed E-state index contributed by atoms with van der Waals surface area (Å²) < 4.78 is 0. The summed E-state index contributed by atoms with van der Waals surface area (Å²) in [7, 11) is 14.4. The molecule has 4 unspecified atom stereocenters. The molecule has 0 saturated carbocycles. The quantitative estimate of drug-likeness (QED) is 0.294. The van der Waals surface area contributed by atoms with E-state index in [0.717, 1.165) is 6.42 Å². The Hall–Kier alpha value is -0.410. The molecule has 0 heterocycles. The van der Waals surface area contributed by atoms with E-state index in [4.69, 9.17) is 5.11 Å². The average Bonchev–Trinajstić information content (AvgIpc) is 2.73. The van der Waals surface area contributed by atoms with Crippen LogP contribution in [-0.2, 0) is 9.59 Å². The van der Waals surface area contributed by atoms with Crippen LogP contribution >= 0.6 is 42.5 Å². The van der Waals surface area contributed by atoms with Crippen molar-refractivity contribution in [2.24, 2.45) is 0 Å². The maximum absolute atomic E-state index is 10.5. The molecule has 9 nitrogen and oxygen atoms in total. The van der Waals surface area contributed by atoms with Crippen LogP contribution in [0.2, 0.25) is 0 Å². The average molecular weight is 631 g/mol. The molecule has 0 aromatic rings. The van der Waals surface area contributed by atoms with E-state index in [1.54, 1.807) is 49.2 Å². The molecule has 0 aliphatic carbocycles. The third kappa shape index (κ3) is 49.7. The van der Waals surface area contributed by atoms with E-state index in [1.165, 1.54) is 9.80 Å². The second-order valence-electron chi connectivity index (χ2n) is 5.91. The lowest BCUT2D eigenvalue weighted by Crippen LogP contribution is -2.32. The lowest BCUT2D eigenvalue weighted by Gasteiger charge is -2.07. The number of carboxylic acids is 1. The SMILES string of the molecule is CC.CC.CCC(NC)C(=O)O.CCC(NC)C(C)=O.CN(C)C(=O)P.CN(C)C(=O)P.I. The van der Waals surface area contributed by atoms with Crippen LogP contribution in [0.15, 0.2) is 0 Å². The number of Topliss-reactive ketones (excluding diaryl/α,β-unsaturated/α-hetero) is 1. The first-order valence-corrected chi connectivity index (χ1v) is 11.9. The molecule has 0 aliphatic rings. The smallest absolute Gasteiger partial charge is 0.320 e.